The van der Waals surface area contributed by atoms with Crippen molar-refractivity contribution in [1.29, 1.82) is 0 Å². The van der Waals surface area contributed by atoms with E-state index in [0.717, 1.165) is 17.7 Å². The first-order valence-corrected chi connectivity index (χ1v) is 8.29. The van der Waals surface area contributed by atoms with Crippen LogP contribution in [0.2, 0.25) is 0 Å². The van der Waals surface area contributed by atoms with Crippen LogP contribution >= 0.6 is 0 Å². The third kappa shape index (κ3) is 3.19. The molecule has 4 rings (SSSR count). The van der Waals surface area contributed by atoms with Gasteiger partial charge in [0.15, 0.2) is 0 Å². The van der Waals surface area contributed by atoms with Crippen LogP contribution in [0.3, 0.4) is 0 Å². The third-order valence-electron chi connectivity index (χ3n) is 4.24. The molecule has 7 nitrogen and oxygen atoms in total. The molecule has 1 fully saturated rings. The fourth-order valence-corrected chi connectivity index (χ4v) is 2.94. The molecule has 1 aliphatic heterocycles. The monoisotopic (exact) mass is 348 g/mol. The molecule has 1 aromatic heterocycles. The molecule has 1 saturated heterocycles. The Morgan fingerprint density at radius 3 is 2.69 bits per heavy atom. The Morgan fingerprint density at radius 2 is 2.00 bits per heavy atom. The van der Waals surface area contributed by atoms with Crippen molar-refractivity contribution in [2.24, 2.45) is 0 Å². The van der Waals surface area contributed by atoms with Crippen molar-refractivity contribution in [3.63, 3.8) is 0 Å². The largest absolute Gasteiger partial charge is 0.423 e. The molecule has 2 heterocycles. The minimum absolute atomic E-state index is 0.116. The summed E-state index contributed by atoms with van der Waals surface area (Å²) in [5.74, 6) is 0.289. The summed E-state index contributed by atoms with van der Waals surface area (Å²) in [6.07, 6.45) is 2.69. The molecular formula is C19H16N4O3. The minimum atomic E-state index is -0.230. The summed E-state index contributed by atoms with van der Waals surface area (Å²) >= 11 is 0. The van der Waals surface area contributed by atoms with Crippen molar-refractivity contribution in [2.75, 3.05) is 16.8 Å². The summed E-state index contributed by atoms with van der Waals surface area (Å²) in [7, 11) is 0. The van der Waals surface area contributed by atoms with Gasteiger partial charge in [0.1, 0.15) is 0 Å². The molecule has 3 aromatic rings. The Balaban J connectivity index is 1.49. The highest BCUT2D eigenvalue weighted by Gasteiger charge is 2.21. The van der Waals surface area contributed by atoms with Gasteiger partial charge in [-0.05, 0) is 48.9 Å². The van der Waals surface area contributed by atoms with Crippen LogP contribution in [-0.2, 0) is 4.79 Å². The van der Waals surface area contributed by atoms with Crippen LogP contribution < -0.4 is 10.2 Å². The molecule has 0 unspecified atom stereocenters. The number of benzene rings is 2. The molecule has 1 aliphatic rings. The number of nitrogens with zero attached hydrogens (tertiary/aromatic N) is 3. The van der Waals surface area contributed by atoms with E-state index in [1.165, 1.54) is 6.39 Å². The van der Waals surface area contributed by atoms with Crippen LogP contribution in [0.4, 0.5) is 11.4 Å². The average molecular weight is 348 g/mol. The maximum absolute atomic E-state index is 12.5. The Bertz CT molecular complexity index is 936. The van der Waals surface area contributed by atoms with Gasteiger partial charge >= 0.3 is 0 Å². The maximum Gasteiger partial charge on any atom is 0.255 e. The summed E-state index contributed by atoms with van der Waals surface area (Å²) < 4.78 is 5.13. The van der Waals surface area contributed by atoms with Crippen LogP contribution in [0.1, 0.15) is 23.2 Å². The van der Waals surface area contributed by atoms with Crippen molar-refractivity contribution in [3.8, 4) is 11.5 Å². The van der Waals surface area contributed by atoms with E-state index in [0.29, 0.717) is 30.1 Å². The lowest BCUT2D eigenvalue weighted by molar-refractivity contribution is -0.117. The second-order valence-corrected chi connectivity index (χ2v) is 5.97. The van der Waals surface area contributed by atoms with E-state index in [4.69, 9.17) is 4.42 Å². The van der Waals surface area contributed by atoms with Crippen molar-refractivity contribution >= 4 is 23.2 Å². The molecule has 26 heavy (non-hydrogen) atoms. The number of hydrogen-bond acceptors (Lipinski definition) is 5. The molecule has 1 N–H and O–H groups in total. The van der Waals surface area contributed by atoms with E-state index >= 15 is 0 Å². The number of carbonyl (C=O) groups excluding carboxylic acids is 2. The average Bonchev–Trinajstić information content (AvgIpc) is 3.34. The zero-order valence-corrected chi connectivity index (χ0v) is 13.9. The first-order valence-electron chi connectivity index (χ1n) is 8.29. The molecule has 7 heteroatoms. The number of anilines is 2. The minimum Gasteiger partial charge on any atom is -0.423 e. The van der Waals surface area contributed by atoms with E-state index in [2.05, 4.69) is 15.5 Å². The smallest absolute Gasteiger partial charge is 0.255 e. The number of rotatable bonds is 4. The summed E-state index contributed by atoms with van der Waals surface area (Å²) in [4.78, 5) is 26.1. The Labute approximate surface area is 149 Å². The van der Waals surface area contributed by atoms with Crippen LogP contribution in [0.25, 0.3) is 11.5 Å². The van der Waals surface area contributed by atoms with Crippen molar-refractivity contribution in [3.05, 3.63) is 60.5 Å². The number of aromatic nitrogens is 2. The summed E-state index contributed by atoms with van der Waals surface area (Å²) in [6.45, 7) is 0.716. The van der Waals surface area contributed by atoms with Gasteiger partial charge in [0.05, 0.1) is 0 Å². The highest BCUT2D eigenvalue weighted by molar-refractivity contribution is 6.05. The van der Waals surface area contributed by atoms with Crippen LogP contribution in [0.5, 0.6) is 0 Å². The molecule has 0 aliphatic carbocycles. The van der Waals surface area contributed by atoms with Gasteiger partial charge in [0.25, 0.3) is 5.91 Å². The number of amides is 2. The van der Waals surface area contributed by atoms with Gasteiger partial charge in [-0.3, -0.25) is 9.59 Å². The number of hydrogen-bond donors (Lipinski definition) is 1. The van der Waals surface area contributed by atoms with Crippen LogP contribution in [0, 0.1) is 0 Å². The van der Waals surface area contributed by atoms with E-state index in [1.807, 2.05) is 18.2 Å². The number of carbonyl (C=O) groups is 2. The van der Waals surface area contributed by atoms with Crippen molar-refractivity contribution < 1.29 is 14.0 Å². The highest BCUT2D eigenvalue weighted by Crippen LogP contribution is 2.24. The lowest BCUT2D eigenvalue weighted by Gasteiger charge is -2.16. The van der Waals surface area contributed by atoms with E-state index in [-0.39, 0.29) is 11.8 Å². The molecule has 0 spiro atoms. The second kappa shape index (κ2) is 6.79. The fourth-order valence-electron chi connectivity index (χ4n) is 2.94. The molecule has 0 atom stereocenters. The van der Waals surface area contributed by atoms with E-state index in [9.17, 15) is 9.59 Å². The van der Waals surface area contributed by atoms with Gasteiger partial charge in [0.2, 0.25) is 18.2 Å². The molecule has 2 amide bonds. The van der Waals surface area contributed by atoms with Gasteiger partial charge in [0, 0.05) is 35.5 Å². The topological polar surface area (TPSA) is 88.3 Å². The van der Waals surface area contributed by atoms with Crippen molar-refractivity contribution in [2.45, 2.75) is 12.8 Å². The van der Waals surface area contributed by atoms with Crippen LogP contribution in [0.15, 0.2) is 59.3 Å². The molecule has 130 valence electrons. The van der Waals surface area contributed by atoms with Gasteiger partial charge < -0.3 is 14.6 Å². The Kier molecular flexibility index (Phi) is 4.18. The lowest BCUT2D eigenvalue weighted by atomic mass is 10.1. The van der Waals surface area contributed by atoms with Crippen LogP contribution in [-0.4, -0.2) is 28.6 Å². The predicted molar refractivity (Wildman–Crippen MR) is 95.7 cm³/mol. The van der Waals surface area contributed by atoms with Crippen molar-refractivity contribution in [1.82, 2.24) is 10.2 Å². The Morgan fingerprint density at radius 1 is 1.15 bits per heavy atom. The lowest BCUT2D eigenvalue weighted by Crippen LogP contribution is -2.23. The Hall–Kier alpha value is -3.48. The fraction of sp³-hybridized carbons (Fsp3) is 0.158. The number of nitrogens with one attached hydrogen (secondary N) is 1. The SMILES string of the molecule is O=C(Nc1cccc(N2CCCC2=O)c1)c1ccc(-c2nnco2)cc1. The summed E-state index contributed by atoms with van der Waals surface area (Å²) in [5.41, 5.74) is 2.70. The first kappa shape index (κ1) is 16.0. The highest BCUT2D eigenvalue weighted by atomic mass is 16.4. The molecule has 0 bridgehead atoms. The van der Waals surface area contributed by atoms with Gasteiger partial charge in [-0.15, -0.1) is 10.2 Å². The molecular weight excluding hydrogens is 332 g/mol. The zero-order chi connectivity index (χ0) is 17.9. The van der Waals surface area contributed by atoms with Gasteiger partial charge in [-0.25, -0.2) is 0 Å². The standard InChI is InChI=1S/C19H16N4O3/c24-17-5-2-10-23(17)16-4-1-3-15(11-16)21-18(25)13-6-8-14(9-7-13)19-22-20-12-26-19/h1,3-4,6-9,11-12H,2,5,10H2,(H,21,25). The van der Waals surface area contributed by atoms with E-state index < -0.39 is 0 Å². The van der Waals surface area contributed by atoms with Gasteiger partial charge in [-0.1, -0.05) is 6.07 Å². The predicted octanol–water partition coefficient (Wildman–Crippen LogP) is 3.12. The quantitative estimate of drug-likeness (QED) is 0.782. The molecule has 0 saturated carbocycles. The summed E-state index contributed by atoms with van der Waals surface area (Å²) in [5, 5.41) is 10.3. The molecule has 0 radical (unpaired) electrons. The van der Waals surface area contributed by atoms with Gasteiger partial charge in [-0.2, -0.15) is 0 Å². The third-order valence-corrected chi connectivity index (χ3v) is 4.24. The second-order valence-electron chi connectivity index (χ2n) is 5.97. The first-order chi connectivity index (χ1) is 12.7. The zero-order valence-electron chi connectivity index (χ0n) is 13.9. The van der Waals surface area contributed by atoms with E-state index in [1.54, 1.807) is 35.2 Å². The maximum atomic E-state index is 12.5. The molecule has 2 aromatic carbocycles. The summed E-state index contributed by atoms with van der Waals surface area (Å²) in [6, 6.07) is 14.2. The normalized spacial score (nSPS) is 13.8.